The van der Waals surface area contributed by atoms with Crippen LogP contribution in [0.3, 0.4) is 0 Å². The molecule has 1 unspecified atom stereocenters. The molecule has 4 nitrogen and oxygen atoms in total. The van der Waals surface area contributed by atoms with Crippen molar-refractivity contribution in [2.75, 3.05) is 20.2 Å². The molecule has 0 spiro atoms. The number of rotatable bonds is 3. The molecule has 1 atom stereocenters. The molecule has 0 amide bonds. The first kappa shape index (κ1) is 18.4. The van der Waals surface area contributed by atoms with Crippen LogP contribution in [0.25, 0.3) is 0 Å². The fraction of sp³-hybridized carbons (Fsp3) is 0.533. The van der Waals surface area contributed by atoms with Crippen LogP contribution in [0.2, 0.25) is 5.02 Å². The lowest BCUT2D eigenvalue weighted by Crippen LogP contribution is -2.43. The van der Waals surface area contributed by atoms with Gasteiger partial charge in [-0.05, 0) is 30.9 Å². The molecule has 1 aliphatic rings. The molecular weight excluding hydrogens is 401 g/mol. The Balaban J connectivity index is 0.00000220. The minimum absolute atomic E-state index is 0. The molecule has 1 aromatic rings. The third-order valence-corrected chi connectivity index (χ3v) is 3.88. The number of hydrogen-bond acceptors (Lipinski definition) is 2. The Hall–Kier alpha value is -0.690. The number of halogens is 2. The van der Waals surface area contributed by atoms with Gasteiger partial charge in [0.25, 0.3) is 0 Å². The van der Waals surface area contributed by atoms with E-state index in [0.29, 0.717) is 23.4 Å². The summed E-state index contributed by atoms with van der Waals surface area (Å²) in [5, 5.41) is 0.660. The van der Waals surface area contributed by atoms with Crippen molar-refractivity contribution in [2.45, 2.75) is 26.3 Å². The zero-order chi connectivity index (χ0) is 14.5. The summed E-state index contributed by atoms with van der Waals surface area (Å²) in [4.78, 5) is 6.65. The molecule has 1 fully saturated rings. The van der Waals surface area contributed by atoms with E-state index in [0.717, 1.165) is 24.4 Å². The average molecular weight is 424 g/mol. The highest BCUT2D eigenvalue weighted by Crippen LogP contribution is 2.24. The molecule has 21 heavy (non-hydrogen) atoms. The maximum atomic E-state index is 6.09. The van der Waals surface area contributed by atoms with Crippen molar-refractivity contribution in [2.24, 2.45) is 16.6 Å². The SMILES string of the molecule is COc1cc(Cl)ccc1CN=C(N)N1CCCC(C)C1.I. The van der Waals surface area contributed by atoms with Gasteiger partial charge in [0.1, 0.15) is 5.75 Å². The maximum absolute atomic E-state index is 6.09. The highest BCUT2D eigenvalue weighted by molar-refractivity contribution is 14.0. The third-order valence-electron chi connectivity index (χ3n) is 3.64. The van der Waals surface area contributed by atoms with Gasteiger partial charge < -0.3 is 15.4 Å². The van der Waals surface area contributed by atoms with Gasteiger partial charge in [-0.15, -0.1) is 24.0 Å². The van der Waals surface area contributed by atoms with Crippen LogP contribution in [0, 0.1) is 5.92 Å². The number of benzene rings is 1. The molecule has 0 bridgehead atoms. The van der Waals surface area contributed by atoms with Crippen LogP contribution in [0.5, 0.6) is 5.75 Å². The Morgan fingerprint density at radius 2 is 2.29 bits per heavy atom. The normalized spacial score (nSPS) is 19.1. The molecule has 0 aromatic heterocycles. The number of ether oxygens (including phenoxy) is 1. The van der Waals surface area contributed by atoms with Crippen LogP contribution in [0.15, 0.2) is 23.2 Å². The van der Waals surface area contributed by atoms with Crippen molar-refractivity contribution in [1.29, 1.82) is 0 Å². The lowest BCUT2D eigenvalue weighted by atomic mass is 10.0. The fourth-order valence-corrected chi connectivity index (χ4v) is 2.67. The lowest BCUT2D eigenvalue weighted by Gasteiger charge is -2.31. The van der Waals surface area contributed by atoms with E-state index in [9.17, 15) is 0 Å². The van der Waals surface area contributed by atoms with Crippen LogP contribution in [-0.2, 0) is 6.54 Å². The smallest absolute Gasteiger partial charge is 0.191 e. The second kappa shape index (κ2) is 8.68. The first-order valence-electron chi connectivity index (χ1n) is 6.97. The number of methoxy groups -OCH3 is 1. The average Bonchev–Trinajstić information content (AvgIpc) is 2.45. The summed E-state index contributed by atoms with van der Waals surface area (Å²) in [6.45, 7) is 4.75. The van der Waals surface area contributed by atoms with Crippen molar-refractivity contribution in [1.82, 2.24) is 4.90 Å². The Labute approximate surface area is 148 Å². The van der Waals surface area contributed by atoms with Crippen molar-refractivity contribution >= 4 is 41.5 Å². The Morgan fingerprint density at radius 3 is 2.95 bits per heavy atom. The number of nitrogens with two attached hydrogens (primary N) is 1. The third kappa shape index (κ3) is 5.21. The molecule has 2 N–H and O–H groups in total. The topological polar surface area (TPSA) is 50.9 Å². The van der Waals surface area contributed by atoms with Crippen molar-refractivity contribution in [3.63, 3.8) is 0 Å². The van der Waals surface area contributed by atoms with E-state index < -0.39 is 0 Å². The Morgan fingerprint density at radius 1 is 1.52 bits per heavy atom. The van der Waals surface area contributed by atoms with Gasteiger partial charge in [0.15, 0.2) is 5.96 Å². The number of hydrogen-bond donors (Lipinski definition) is 1. The summed E-state index contributed by atoms with van der Waals surface area (Å²) in [6, 6.07) is 5.57. The summed E-state index contributed by atoms with van der Waals surface area (Å²) >= 11 is 5.95. The van der Waals surface area contributed by atoms with Gasteiger partial charge in [-0.2, -0.15) is 0 Å². The zero-order valence-corrected chi connectivity index (χ0v) is 15.6. The van der Waals surface area contributed by atoms with Gasteiger partial charge in [0.05, 0.1) is 13.7 Å². The minimum atomic E-state index is 0. The first-order valence-corrected chi connectivity index (χ1v) is 7.35. The summed E-state index contributed by atoms with van der Waals surface area (Å²) < 4.78 is 5.31. The first-order chi connectivity index (χ1) is 9.60. The van der Waals surface area contributed by atoms with Crippen molar-refractivity contribution in [3.05, 3.63) is 28.8 Å². The van der Waals surface area contributed by atoms with E-state index in [1.54, 1.807) is 13.2 Å². The van der Waals surface area contributed by atoms with Gasteiger partial charge >= 0.3 is 0 Å². The Bertz CT molecular complexity index is 496. The highest BCUT2D eigenvalue weighted by Gasteiger charge is 2.17. The summed E-state index contributed by atoms with van der Waals surface area (Å²) in [5.74, 6) is 2.05. The van der Waals surface area contributed by atoms with Crippen LogP contribution < -0.4 is 10.5 Å². The molecule has 0 saturated carbocycles. The zero-order valence-electron chi connectivity index (χ0n) is 12.5. The van der Waals surface area contributed by atoms with E-state index >= 15 is 0 Å². The number of guanidine groups is 1. The highest BCUT2D eigenvalue weighted by atomic mass is 127. The van der Waals surface area contributed by atoms with Crippen LogP contribution >= 0.6 is 35.6 Å². The standard InChI is InChI=1S/C15H22ClN3O.HI/c1-11-4-3-7-19(10-11)15(17)18-9-12-5-6-13(16)8-14(12)20-2;/h5-6,8,11H,3-4,7,9-10H2,1-2H3,(H2,17,18);1H. The van der Waals surface area contributed by atoms with Crippen LogP contribution in [-0.4, -0.2) is 31.1 Å². The molecule has 0 radical (unpaired) electrons. The number of piperidine rings is 1. The van der Waals surface area contributed by atoms with Gasteiger partial charge in [0.2, 0.25) is 0 Å². The molecule has 0 aliphatic carbocycles. The van der Waals surface area contributed by atoms with E-state index in [-0.39, 0.29) is 24.0 Å². The molecular formula is C15H23ClIN3O. The van der Waals surface area contributed by atoms with Gasteiger partial charge in [-0.1, -0.05) is 24.6 Å². The Kier molecular flexibility index (Phi) is 7.59. The van der Waals surface area contributed by atoms with E-state index in [2.05, 4.69) is 16.8 Å². The van der Waals surface area contributed by atoms with E-state index in [1.165, 1.54) is 12.8 Å². The van der Waals surface area contributed by atoms with E-state index in [1.807, 2.05) is 12.1 Å². The van der Waals surface area contributed by atoms with Gasteiger partial charge in [0, 0.05) is 23.7 Å². The molecule has 1 aliphatic heterocycles. The summed E-state index contributed by atoms with van der Waals surface area (Å²) in [7, 11) is 1.63. The summed E-state index contributed by atoms with van der Waals surface area (Å²) in [5.41, 5.74) is 7.08. The monoisotopic (exact) mass is 423 g/mol. The molecule has 6 heteroatoms. The summed E-state index contributed by atoms with van der Waals surface area (Å²) in [6.07, 6.45) is 2.45. The van der Waals surface area contributed by atoms with E-state index in [4.69, 9.17) is 22.1 Å². The number of aliphatic imine (C=N–C) groups is 1. The van der Waals surface area contributed by atoms with Crippen LogP contribution in [0.4, 0.5) is 0 Å². The molecule has 1 heterocycles. The number of likely N-dealkylation sites (tertiary alicyclic amines) is 1. The number of nitrogens with zero attached hydrogens (tertiary/aromatic N) is 2. The second-order valence-electron chi connectivity index (χ2n) is 5.32. The van der Waals surface area contributed by atoms with Crippen molar-refractivity contribution in [3.8, 4) is 5.75 Å². The second-order valence-corrected chi connectivity index (χ2v) is 5.76. The fourth-order valence-electron chi connectivity index (χ4n) is 2.51. The van der Waals surface area contributed by atoms with Crippen LogP contribution in [0.1, 0.15) is 25.3 Å². The molecule has 1 aromatic carbocycles. The largest absolute Gasteiger partial charge is 0.496 e. The lowest BCUT2D eigenvalue weighted by molar-refractivity contribution is 0.270. The molecule has 118 valence electrons. The van der Waals surface area contributed by atoms with Gasteiger partial charge in [-0.25, -0.2) is 4.99 Å². The maximum Gasteiger partial charge on any atom is 0.191 e. The minimum Gasteiger partial charge on any atom is -0.496 e. The predicted molar refractivity (Wildman–Crippen MR) is 98.7 cm³/mol. The quantitative estimate of drug-likeness (QED) is 0.460. The molecule has 1 saturated heterocycles. The van der Waals surface area contributed by atoms with Gasteiger partial charge in [-0.3, -0.25) is 0 Å². The van der Waals surface area contributed by atoms with Crippen molar-refractivity contribution < 1.29 is 4.74 Å². The molecule has 2 rings (SSSR count). The predicted octanol–water partition coefficient (Wildman–Crippen LogP) is 3.51.